The molecule has 1 aliphatic heterocycles. The van der Waals surface area contributed by atoms with E-state index in [1.807, 2.05) is 32.0 Å². The lowest BCUT2D eigenvalue weighted by atomic mass is 9.82. The SMILES string of the molecule is CCOC(=O)c1cn(-c2ccc3c(c2)CCO3)nc1N(C(=O)C1CCC(C)CC1)C(C)C. The van der Waals surface area contributed by atoms with E-state index in [2.05, 4.69) is 6.92 Å². The van der Waals surface area contributed by atoms with Crippen molar-refractivity contribution in [3.05, 3.63) is 35.5 Å². The lowest BCUT2D eigenvalue weighted by Crippen LogP contribution is -2.43. The van der Waals surface area contributed by atoms with E-state index in [0.29, 0.717) is 23.9 Å². The highest BCUT2D eigenvalue weighted by Crippen LogP contribution is 2.33. The predicted molar refractivity (Wildman–Crippen MR) is 122 cm³/mol. The van der Waals surface area contributed by atoms with E-state index >= 15 is 0 Å². The molecule has 172 valence electrons. The second kappa shape index (κ2) is 9.35. The Morgan fingerprint density at radius 1 is 1.25 bits per heavy atom. The molecular weight excluding hydrogens is 406 g/mol. The third kappa shape index (κ3) is 4.38. The maximum absolute atomic E-state index is 13.6. The van der Waals surface area contributed by atoms with Gasteiger partial charge in [-0.15, -0.1) is 5.10 Å². The molecule has 2 aliphatic rings. The molecule has 0 saturated heterocycles. The van der Waals surface area contributed by atoms with Gasteiger partial charge in [0.15, 0.2) is 5.82 Å². The van der Waals surface area contributed by atoms with Gasteiger partial charge in [0.25, 0.3) is 0 Å². The van der Waals surface area contributed by atoms with Crippen LogP contribution in [0, 0.1) is 11.8 Å². The van der Waals surface area contributed by atoms with Crippen LogP contribution >= 0.6 is 0 Å². The Morgan fingerprint density at radius 2 is 2.00 bits per heavy atom. The quantitative estimate of drug-likeness (QED) is 0.617. The van der Waals surface area contributed by atoms with E-state index in [0.717, 1.165) is 49.1 Å². The fourth-order valence-electron chi connectivity index (χ4n) is 4.65. The van der Waals surface area contributed by atoms with Gasteiger partial charge < -0.3 is 9.47 Å². The lowest BCUT2D eigenvalue weighted by molar-refractivity contribution is -0.124. The first-order valence-corrected chi connectivity index (χ1v) is 11.7. The van der Waals surface area contributed by atoms with Gasteiger partial charge in [0.2, 0.25) is 5.91 Å². The van der Waals surface area contributed by atoms with E-state index in [1.54, 1.807) is 22.7 Å². The van der Waals surface area contributed by atoms with Crippen molar-refractivity contribution in [1.82, 2.24) is 9.78 Å². The Balaban J connectivity index is 1.72. The highest BCUT2D eigenvalue weighted by Gasteiger charge is 2.34. The van der Waals surface area contributed by atoms with Crippen LogP contribution in [0.1, 0.15) is 69.3 Å². The Bertz CT molecular complexity index is 989. The molecule has 32 heavy (non-hydrogen) atoms. The standard InChI is InChI=1S/C25H33N3O4/c1-5-31-25(30)21-15-27(20-10-11-22-19(14-20)12-13-32-22)26-23(21)28(16(2)3)24(29)18-8-6-17(4)7-9-18/h10-11,14-18H,5-9,12-13H2,1-4H3. The molecule has 1 aromatic heterocycles. The van der Waals surface area contributed by atoms with Crippen LogP contribution < -0.4 is 9.64 Å². The number of rotatable bonds is 6. The number of benzene rings is 1. The summed E-state index contributed by atoms with van der Waals surface area (Å²) < 4.78 is 12.6. The predicted octanol–water partition coefficient (Wildman–Crippen LogP) is 4.55. The van der Waals surface area contributed by atoms with Crippen molar-refractivity contribution in [3.8, 4) is 11.4 Å². The van der Waals surface area contributed by atoms with Crippen molar-refractivity contribution >= 4 is 17.7 Å². The van der Waals surface area contributed by atoms with E-state index in [4.69, 9.17) is 14.6 Å². The molecule has 0 N–H and O–H groups in total. The Labute approximate surface area is 189 Å². The molecule has 0 atom stereocenters. The third-order valence-corrected chi connectivity index (χ3v) is 6.47. The van der Waals surface area contributed by atoms with Gasteiger partial charge in [0.05, 0.1) is 18.9 Å². The summed E-state index contributed by atoms with van der Waals surface area (Å²) >= 11 is 0. The molecule has 0 unspecified atom stereocenters. The number of carbonyl (C=O) groups excluding carboxylic acids is 2. The van der Waals surface area contributed by atoms with Crippen LogP contribution in [-0.2, 0) is 16.0 Å². The first-order chi connectivity index (χ1) is 15.4. The smallest absolute Gasteiger partial charge is 0.343 e. The number of hydrogen-bond acceptors (Lipinski definition) is 5. The molecule has 7 heteroatoms. The molecule has 0 spiro atoms. The summed E-state index contributed by atoms with van der Waals surface area (Å²) in [6.07, 6.45) is 6.39. The van der Waals surface area contributed by atoms with Gasteiger partial charge in [-0.1, -0.05) is 6.92 Å². The summed E-state index contributed by atoms with van der Waals surface area (Å²) in [7, 11) is 0. The van der Waals surface area contributed by atoms with Crippen molar-refractivity contribution in [1.29, 1.82) is 0 Å². The zero-order valence-electron chi connectivity index (χ0n) is 19.5. The van der Waals surface area contributed by atoms with Crippen molar-refractivity contribution in [2.24, 2.45) is 11.8 Å². The number of carbonyl (C=O) groups is 2. The molecule has 1 saturated carbocycles. The van der Waals surface area contributed by atoms with E-state index in [9.17, 15) is 9.59 Å². The minimum atomic E-state index is -0.464. The molecule has 2 heterocycles. The van der Waals surface area contributed by atoms with E-state index in [-0.39, 0.29) is 24.5 Å². The lowest BCUT2D eigenvalue weighted by Gasteiger charge is -2.32. The van der Waals surface area contributed by atoms with Crippen LogP contribution in [0.15, 0.2) is 24.4 Å². The molecule has 1 aliphatic carbocycles. The first-order valence-electron chi connectivity index (χ1n) is 11.7. The average Bonchev–Trinajstić information content (AvgIpc) is 3.41. The van der Waals surface area contributed by atoms with Gasteiger partial charge in [-0.2, -0.15) is 0 Å². The number of anilines is 1. The molecule has 1 fully saturated rings. The van der Waals surface area contributed by atoms with Crippen LogP contribution in [0.5, 0.6) is 5.75 Å². The zero-order chi connectivity index (χ0) is 22.8. The maximum Gasteiger partial charge on any atom is 0.343 e. The largest absolute Gasteiger partial charge is 0.493 e. The van der Waals surface area contributed by atoms with Gasteiger partial charge in [-0.25, -0.2) is 9.48 Å². The third-order valence-electron chi connectivity index (χ3n) is 6.47. The van der Waals surface area contributed by atoms with Crippen molar-refractivity contribution in [2.45, 2.75) is 65.8 Å². The number of amides is 1. The molecular formula is C25H33N3O4. The minimum Gasteiger partial charge on any atom is -0.493 e. The molecule has 0 bridgehead atoms. The molecule has 1 amide bonds. The summed E-state index contributed by atoms with van der Waals surface area (Å²) in [5.74, 6) is 1.46. The van der Waals surface area contributed by atoms with Gasteiger partial charge in [0.1, 0.15) is 11.3 Å². The molecule has 7 nitrogen and oxygen atoms in total. The number of esters is 1. The summed E-state index contributed by atoms with van der Waals surface area (Å²) in [6, 6.07) is 5.74. The van der Waals surface area contributed by atoms with Crippen molar-refractivity contribution < 1.29 is 19.1 Å². The Hall–Kier alpha value is -2.83. The Kier molecular flexibility index (Phi) is 6.53. The van der Waals surface area contributed by atoms with Crippen LogP contribution in [0.3, 0.4) is 0 Å². The fraction of sp³-hybridized carbons (Fsp3) is 0.560. The highest BCUT2D eigenvalue weighted by molar-refractivity contribution is 6.02. The zero-order valence-corrected chi connectivity index (χ0v) is 19.5. The summed E-state index contributed by atoms with van der Waals surface area (Å²) in [4.78, 5) is 28.1. The van der Waals surface area contributed by atoms with Crippen LogP contribution in [-0.4, -0.2) is 40.9 Å². The van der Waals surface area contributed by atoms with Crippen LogP contribution in [0.25, 0.3) is 5.69 Å². The number of ether oxygens (including phenoxy) is 2. The average molecular weight is 440 g/mol. The second-order valence-electron chi connectivity index (χ2n) is 9.18. The number of hydrogen-bond donors (Lipinski definition) is 0. The molecule has 4 rings (SSSR count). The number of aromatic nitrogens is 2. The van der Waals surface area contributed by atoms with Crippen molar-refractivity contribution in [2.75, 3.05) is 18.1 Å². The Morgan fingerprint density at radius 3 is 2.69 bits per heavy atom. The number of nitrogens with zero attached hydrogens (tertiary/aromatic N) is 3. The van der Waals surface area contributed by atoms with E-state index in [1.165, 1.54) is 0 Å². The number of fused-ring (bicyclic) bond motifs is 1. The highest BCUT2D eigenvalue weighted by atomic mass is 16.5. The molecule has 0 radical (unpaired) electrons. The van der Waals surface area contributed by atoms with Gasteiger partial charge in [-0.05, 0) is 76.1 Å². The summed E-state index contributed by atoms with van der Waals surface area (Å²) in [6.45, 7) is 8.87. The minimum absolute atomic E-state index is 0.0362. The summed E-state index contributed by atoms with van der Waals surface area (Å²) in [5.41, 5.74) is 2.26. The fourth-order valence-corrected chi connectivity index (χ4v) is 4.65. The first kappa shape index (κ1) is 22.4. The van der Waals surface area contributed by atoms with Crippen LogP contribution in [0.2, 0.25) is 0 Å². The monoisotopic (exact) mass is 439 g/mol. The topological polar surface area (TPSA) is 73.7 Å². The second-order valence-corrected chi connectivity index (χ2v) is 9.18. The summed E-state index contributed by atoms with van der Waals surface area (Å²) in [5, 5.41) is 4.74. The van der Waals surface area contributed by atoms with Crippen LogP contribution in [0.4, 0.5) is 5.82 Å². The van der Waals surface area contributed by atoms with Crippen molar-refractivity contribution in [3.63, 3.8) is 0 Å². The molecule has 1 aromatic carbocycles. The molecule has 2 aromatic rings. The van der Waals surface area contributed by atoms with Gasteiger partial charge in [-0.3, -0.25) is 9.69 Å². The normalized spacial score (nSPS) is 20.0. The van der Waals surface area contributed by atoms with E-state index < -0.39 is 5.97 Å². The van der Waals surface area contributed by atoms with Gasteiger partial charge >= 0.3 is 5.97 Å². The maximum atomic E-state index is 13.6. The van der Waals surface area contributed by atoms with Gasteiger partial charge in [0, 0.05) is 24.6 Å².